The van der Waals surface area contributed by atoms with Crippen molar-refractivity contribution in [3.63, 3.8) is 0 Å². The Kier molecular flexibility index (Phi) is 2.53. The first-order valence-corrected chi connectivity index (χ1v) is 4.40. The number of amides is 1. The van der Waals surface area contributed by atoms with E-state index in [-0.39, 0.29) is 11.8 Å². The molecule has 0 radical (unpaired) electrons. The predicted octanol–water partition coefficient (Wildman–Crippen LogP) is 1.54. The lowest BCUT2D eigenvalue weighted by Gasteiger charge is -2.30. The Balaban J connectivity index is 2.50. The predicted molar refractivity (Wildman–Crippen MR) is 44.9 cm³/mol. The molecule has 0 aliphatic heterocycles. The molecule has 1 amide bonds. The fraction of sp³-hybridized carbons (Fsp3) is 0.889. The normalized spacial score (nSPS) is 38.5. The number of primary amides is 1. The van der Waals surface area contributed by atoms with E-state index >= 15 is 0 Å². The van der Waals surface area contributed by atoms with Crippen LogP contribution >= 0.6 is 0 Å². The van der Waals surface area contributed by atoms with Crippen LogP contribution in [-0.4, -0.2) is 5.91 Å². The highest BCUT2D eigenvalue weighted by molar-refractivity contribution is 5.76. The van der Waals surface area contributed by atoms with Gasteiger partial charge in [-0.3, -0.25) is 4.79 Å². The van der Waals surface area contributed by atoms with E-state index < -0.39 is 0 Å². The number of rotatable bonds is 1. The van der Waals surface area contributed by atoms with Gasteiger partial charge in [-0.25, -0.2) is 0 Å². The maximum atomic E-state index is 10.9. The van der Waals surface area contributed by atoms with Gasteiger partial charge < -0.3 is 5.73 Å². The van der Waals surface area contributed by atoms with Gasteiger partial charge >= 0.3 is 0 Å². The molecule has 2 N–H and O–H groups in total. The summed E-state index contributed by atoms with van der Waals surface area (Å²) >= 11 is 0. The molecule has 2 nitrogen and oxygen atoms in total. The van der Waals surface area contributed by atoms with Crippen LogP contribution < -0.4 is 5.73 Å². The van der Waals surface area contributed by atoms with Crippen LogP contribution in [0.4, 0.5) is 0 Å². The van der Waals surface area contributed by atoms with Crippen LogP contribution in [-0.2, 0) is 4.79 Å². The minimum Gasteiger partial charge on any atom is -0.369 e. The number of hydrogen-bond donors (Lipinski definition) is 1. The molecule has 0 saturated heterocycles. The highest BCUT2D eigenvalue weighted by atomic mass is 16.1. The van der Waals surface area contributed by atoms with Gasteiger partial charge in [0.05, 0.1) is 0 Å². The van der Waals surface area contributed by atoms with Gasteiger partial charge in [0.1, 0.15) is 0 Å². The van der Waals surface area contributed by atoms with Crippen LogP contribution in [0.15, 0.2) is 0 Å². The largest absolute Gasteiger partial charge is 0.369 e. The fourth-order valence-electron chi connectivity index (χ4n) is 2.09. The van der Waals surface area contributed by atoms with E-state index in [1.165, 1.54) is 0 Å². The smallest absolute Gasteiger partial charge is 0.220 e. The first-order chi connectivity index (χ1) is 5.11. The van der Waals surface area contributed by atoms with Crippen LogP contribution in [0.1, 0.15) is 33.1 Å². The lowest BCUT2D eigenvalue weighted by molar-refractivity contribution is -0.124. The summed E-state index contributed by atoms with van der Waals surface area (Å²) in [6.45, 7) is 4.37. The zero-order valence-electron chi connectivity index (χ0n) is 7.34. The number of carbonyl (C=O) groups is 1. The van der Waals surface area contributed by atoms with E-state index in [1.807, 2.05) is 0 Å². The summed E-state index contributed by atoms with van der Waals surface area (Å²) in [4.78, 5) is 10.9. The van der Waals surface area contributed by atoms with Gasteiger partial charge in [0.2, 0.25) is 5.91 Å². The van der Waals surface area contributed by atoms with Crippen molar-refractivity contribution in [3.05, 3.63) is 0 Å². The lowest BCUT2D eigenvalue weighted by atomic mass is 9.75. The van der Waals surface area contributed by atoms with Crippen LogP contribution in [0, 0.1) is 17.8 Å². The Morgan fingerprint density at radius 1 is 1.36 bits per heavy atom. The van der Waals surface area contributed by atoms with E-state index in [1.54, 1.807) is 0 Å². The van der Waals surface area contributed by atoms with Crippen LogP contribution in [0.2, 0.25) is 0 Å². The molecule has 1 aliphatic carbocycles. The maximum absolute atomic E-state index is 10.9. The van der Waals surface area contributed by atoms with Gasteiger partial charge in [-0.2, -0.15) is 0 Å². The van der Waals surface area contributed by atoms with Gasteiger partial charge in [-0.1, -0.05) is 13.8 Å². The first kappa shape index (κ1) is 8.57. The van der Waals surface area contributed by atoms with Gasteiger partial charge in [0, 0.05) is 5.92 Å². The van der Waals surface area contributed by atoms with Gasteiger partial charge in [0.15, 0.2) is 0 Å². The fourth-order valence-corrected chi connectivity index (χ4v) is 2.09. The van der Waals surface area contributed by atoms with Crippen molar-refractivity contribution in [1.29, 1.82) is 0 Å². The molecule has 1 aliphatic rings. The maximum Gasteiger partial charge on any atom is 0.220 e. The third-order valence-corrected chi connectivity index (χ3v) is 2.80. The Morgan fingerprint density at radius 3 is 2.45 bits per heavy atom. The Morgan fingerprint density at radius 2 is 2.00 bits per heavy atom. The third-order valence-electron chi connectivity index (χ3n) is 2.80. The van der Waals surface area contributed by atoms with Gasteiger partial charge in [0.25, 0.3) is 0 Å². The SMILES string of the molecule is CC1CCC(C(N)=O)C(C)C1. The second-order valence-corrected chi connectivity index (χ2v) is 3.90. The molecular weight excluding hydrogens is 138 g/mol. The zero-order chi connectivity index (χ0) is 8.43. The molecule has 1 fully saturated rings. The van der Waals surface area contributed by atoms with E-state index in [0.717, 1.165) is 25.2 Å². The first-order valence-electron chi connectivity index (χ1n) is 4.40. The molecule has 3 unspecified atom stereocenters. The zero-order valence-corrected chi connectivity index (χ0v) is 7.34. The summed E-state index contributed by atoms with van der Waals surface area (Å²) in [6.07, 6.45) is 3.32. The standard InChI is InChI=1S/C9H17NO/c1-6-3-4-8(9(10)11)7(2)5-6/h6-8H,3-5H2,1-2H3,(H2,10,11). The molecule has 3 atom stereocenters. The monoisotopic (exact) mass is 155 g/mol. The molecule has 0 aromatic heterocycles. The number of hydrogen-bond acceptors (Lipinski definition) is 1. The summed E-state index contributed by atoms with van der Waals surface area (Å²) in [5.41, 5.74) is 5.26. The van der Waals surface area contributed by atoms with Crippen molar-refractivity contribution in [3.8, 4) is 0 Å². The molecule has 0 spiro atoms. The number of nitrogens with two attached hydrogens (primary N) is 1. The second-order valence-electron chi connectivity index (χ2n) is 3.90. The highest BCUT2D eigenvalue weighted by Gasteiger charge is 2.28. The van der Waals surface area contributed by atoms with E-state index in [9.17, 15) is 4.79 Å². The Hall–Kier alpha value is -0.530. The Labute approximate surface area is 68.2 Å². The second kappa shape index (κ2) is 3.24. The number of carbonyl (C=O) groups excluding carboxylic acids is 1. The average Bonchev–Trinajstić information content (AvgIpc) is 1.85. The van der Waals surface area contributed by atoms with Crippen molar-refractivity contribution in [2.75, 3.05) is 0 Å². The average molecular weight is 155 g/mol. The van der Waals surface area contributed by atoms with E-state index in [0.29, 0.717) is 5.92 Å². The van der Waals surface area contributed by atoms with Gasteiger partial charge in [-0.15, -0.1) is 0 Å². The van der Waals surface area contributed by atoms with Crippen molar-refractivity contribution in [1.82, 2.24) is 0 Å². The molecule has 1 rings (SSSR count). The van der Waals surface area contributed by atoms with Crippen molar-refractivity contribution in [2.45, 2.75) is 33.1 Å². The molecule has 0 heterocycles. The molecule has 0 aromatic rings. The molecule has 2 heteroatoms. The molecule has 64 valence electrons. The summed E-state index contributed by atoms with van der Waals surface area (Å²) in [7, 11) is 0. The summed E-state index contributed by atoms with van der Waals surface area (Å²) in [5.74, 6) is 1.31. The lowest BCUT2D eigenvalue weighted by Crippen LogP contribution is -2.32. The minimum absolute atomic E-state index is 0.107. The van der Waals surface area contributed by atoms with Crippen LogP contribution in [0.25, 0.3) is 0 Å². The van der Waals surface area contributed by atoms with Crippen molar-refractivity contribution >= 4 is 5.91 Å². The summed E-state index contributed by atoms with van der Waals surface area (Å²) in [6, 6.07) is 0. The van der Waals surface area contributed by atoms with Crippen molar-refractivity contribution < 1.29 is 4.79 Å². The molecule has 0 aromatic carbocycles. The highest BCUT2D eigenvalue weighted by Crippen LogP contribution is 2.32. The minimum atomic E-state index is -0.107. The van der Waals surface area contributed by atoms with E-state index in [4.69, 9.17) is 5.73 Å². The molecule has 1 saturated carbocycles. The van der Waals surface area contributed by atoms with Gasteiger partial charge in [-0.05, 0) is 31.1 Å². The summed E-state index contributed by atoms with van der Waals surface area (Å²) < 4.78 is 0. The van der Waals surface area contributed by atoms with Crippen molar-refractivity contribution in [2.24, 2.45) is 23.5 Å². The van der Waals surface area contributed by atoms with E-state index in [2.05, 4.69) is 13.8 Å². The quantitative estimate of drug-likeness (QED) is 0.613. The Bertz CT molecular complexity index is 156. The summed E-state index contributed by atoms with van der Waals surface area (Å²) in [5, 5.41) is 0. The molecule has 11 heavy (non-hydrogen) atoms. The van der Waals surface area contributed by atoms with Crippen LogP contribution in [0.3, 0.4) is 0 Å². The topological polar surface area (TPSA) is 43.1 Å². The third kappa shape index (κ3) is 1.95. The van der Waals surface area contributed by atoms with Crippen LogP contribution in [0.5, 0.6) is 0 Å². The molecular formula is C9H17NO. The molecule has 0 bridgehead atoms.